The van der Waals surface area contributed by atoms with Gasteiger partial charge in [0.1, 0.15) is 23.6 Å². The van der Waals surface area contributed by atoms with E-state index in [-0.39, 0.29) is 12.1 Å². The van der Waals surface area contributed by atoms with Crippen LogP contribution >= 0.6 is 23.4 Å². The van der Waals surface area contributed by atoms with Gasteiger partial charge in [-0.15, -0.1) is 0 Å². The van der Waals surface area contributed by atoms with E-state index in [1.807, 2.05) is 66.5 Å². The number of benzene rings is 1. The Hall–Kier alpha value is -2.24. The van der Waals surface area contributed by atoms with Crippen LogP contribution in [0.1, 0.15) is 30.5 Å². The SMILES string of the molecule is CC1CN2C(=NC(c3ccccn3)C2c2ccc(-c3ccc(Cl)cc3)o2)S1. The zero-order valence-corrected chi connectivity index (χ0v) is 16.3. The van der Waals surface area contributed by atoms with Crippen molar-refractivity contribution >= 4 is 28.5 Å². The van der Waals surface area contributed by atoms with Crippen molar-refractivity contribution in [2.75, 3.05) is 6.54 Å². The molecular formula is C21H18ClN3OS. The Kier molecular flexibility index (Phi) is 4.21. The lowest BCUT2D eigenvalue weighted by atomic mass is 10.0. The molecule has 0 spiro atoms. The van der Waals surface area contributed by atoms with Crippen LogP contribution in [0.3, 0.4) is 0 Å². The van der Waals surface area contributed by atoms with Crippen molar-refractivity contribution in [1.82, 2.24) is 9.88 Å². The van der Waals surface area contributed by atoms with E-state index in [2.05, 4.69) is 22.9 Å². The third-order valence-corrected chi connectivity index (χ3v) is 6.28. The molecule has 0 bridgehead atoms. The molecule has 0 N–H and O–H groups in total. The third-order valence-electron chi connectivity index (χ3n) is 4.93. The van der Waals surface area contributed by atoms with Crippen molar-refractivity contribution in [1.29, 1.82) is 0 Å². The van der Waals surface area contributed by atoms with E-state index in [4.69, 9.17) is 21.0 Å². The molecule has 0 aliphatic carbocycles. The molecule has 0 radical (unpaired) electrons. The zero-order valence-electron chi connectivity index (χ0n) is 14.7. The van der Waals surface area contributed by atoms with E-state index < -0.39 is 0 Å². The number of halogens is 1. The van der Waals surface area contributed by atoms with Gasteiger partial charge in [0, 0.05) is 28.6 Å². The Bertz CT molecular complexity index is 986. The summed E-state index contributed by atoms with van der Waals surface area (Å²) >= 11 is 7.84. The minimum atomic E-state index is -0.0505. The average Bonchev–Trinajstić information content (AvgIpc) is 3.37. The minimum absolute atomic E-state index is 0.0356. The predicted molar refractivity (Wildman–Crippen MR) is 110 cm³/mol. The van der Waals surface area contributed by atoms with Gasteiger partial charge in [-0.25, -0.2) is 4.99 Å². The van der Waals surface area contributed by atoms with Crippen molar-refractivity contribution in [3.05, 3.63) is 77.3 Å². The molecule has 2 aliphatic heterocycles. The van der Waals surface area contributed by atoms with Gasteiger partial charge in [-0.3, -0.25) is 4.98 Å². The standard InChI is InChI=1S/C21H18ClN3OS/c1-13-12-25-20(19(24-21(25)27-13)16-4-2-3-11-23-16)18-10-9-17(26-18)14-5-7-15(22)8-6-14/h2-11,13,19-20H,12H2,1H3. The molecule has 3 atom stereocenters. The normalized spacial score (nSPS) is 24.1. The van der Waals surface area contributed by atoms with Crippen molar-refractivity contribution in [3.8, 4) is 11.3 Å². The summed E-state index contributed by atoms with van der Waals surface area (Å²) in [5.74, 6) is 1.76. The van der Waals surface area contributed by atoms with E-state index in [1.54, 1.807) is 0 Å². The van der Waals surface area contributed by atoms with Crippen LogP contribution in [0.5, 0.6) is 0 Å². The molecule has 2 aliphatic rings. The molecule has 6 heteroatoms. The molecule has 0 saturated carbocycles. The van der Waals surface area contributed by atoms with Crippen LogP contribution in [0.15, 0.2) is 70.2 Å². The van der Waals surface area contributed by atoms with Crippen molar-refractivity contribution in [2.45, 2.75) is 24.3 Å². The fourth-order valence-corrected chi connectivity index (χ4v) is 4.93. The number of rotatable bonds is 3. The highest BCUT2D eigenvalue weighted by atomic mass is 35.5. The van der Waals surface area contributed by atoms with Crippen molar-refractivity contribution < 1.29 is 4.42 Å². The number of thioether (sulfide) groups is 1. The molecule has 5 rings (SSSR count). The first-order valence-corrected chi connectivity index (χ1v) is 10.2. The number of amidine groups is 1. The quantitative estimate of drug-likeness (QED) is 0.580. The summed E-state index contributed by atoms with van der Waals surface area (Å²) in [4.78, 5) is 11.9. The molecule has 3 aromatic rings. The van der Waals surface area contributed by atoms with E-state index in [0.29, 0.717) is 5.25 Å². The largest absolute Gasteiger partial charge is 0.459 e. The summed E-state index contributed by atoms with van der Waals surface area (Å²) in [6.07, 6.45) is 1.83. The predicted octanol–water partition coefficient (Wildman–Crippen LogP) is 5.58. The molecular weight excluding hydrogens is 378 g/mol. The molecule has 1 aromatic carbocycles. The number of furan rings is 1. The summed E-state index contributed by atoms with van der Waals surface area (Å²) < 4.78 is 6.29. The Morgan fingerprint density at radius 1 is 1.11 bits per heavy atom. The van der Waals surface area contributed by atoms with E-state index >= 15 is 0 Å². The van der Waals surface area contributed by atoms with Gasteiger partial charge in [0.2, 0.25) is 0 Å². The second-order valence-corrected chi connectivity index (χ2v) is 8.69. The first-order chi connectivity index (χ1) is 13.2. The van der Waals surface area contributed by atoms with Crippen LogP contribution in [-0.2, 0) is 0 Å². The van der Waals surface area contributed by atoms with Crippen molar-refractivity contribution in [3.63, 3.8) is 0 Å². The number of fused-ring (bicyclic) bond motifs is 1. The highest BCUT2D eigenvalue weighted by Gasteiger charge is 2.45. The molecule has 4 heterocycles. The second-order valence-electron chi connectivity index (χ2n) is 6.85. The fourth-order valence-electron chi connectivity index (χ4n) is 3.71. The van der Waals surface area contributed by atoms with Crippen LogP contribution in [0.2, 0.25) is 5.02 Å². The van der Waals surface area contributed by atoms with Crippen LogP contribution in [0.4, 0.5) is 0 Å². The number of pyridine rings is 1. The molecule has 0 amide bonds. The Morgan fingerprint density at radius 3 is 2.74 bits per heavy atom. The summed E-state index contributed by atoms with van der Waals surface area (Å²) in [5.41, 5.74) is 1.99. The summed E-state index contributed by atoms with van der Waals surface area (Å²) in [5, 5.41) is 2.34. The lowest BCUT2D eigenvalue weighted by Crippen LogP contribution is -2.28. The van der Waals surface area contributed by atoms with Crippen LogP contribution < -0.4 is 0 Å². The van der Waals surface area contributed by atoms with Gasteiger partial charge in [0.15, 0.2) is 5.17 Å². The third kappa shape index (κ3) is 3.05. The average molecular weight is 396 g/mol. The van der Waals surface area contributed by atoms with Crippen LogP contribution in [-0.4, -0.2) is 26.8 Å². The van der Waals surface area contributed by atoms with Crippen LogP contribution in [0.25, 0.3) is 11.3 Å². The number of nitrogens with zero attached hydrogens (tertiary/aromatic N) is 3. The summed E-state index contributed by atoms with van der Waals surface area (Å²) in [6, 6.07) is 17.8. The lowest BCUT2D eigenvalue weighted by molar-refractivity contribution is 0.277. The van der Waals surface area contributed by atoms with E-state index in [9.17, 15) is 0 Å². The fraction of sp³-hybridized carbons (Fsp3) is 0.238. The maximum Gasteiger partial charge on any atom is 0.161 e. The van der Waals surface area contributed by atoms with Crippen molar-refractivity contribution in [2.24, 2.45) is 4.99 Å². The van der Waals surface area contributed by atoms with Gasteiger partial charge < -0.3 is 9.32 Å². The number of hydrogen-bond acceptors (Lipinski definition) is 5. The van der Waals surface area contributed by atoms with Crippen LogP contribution in [0, 0.1) is 0 Å². The van der Waals surface area contributed by atoms with Gasteiger partial charge in [-0.1, -0.05) is 36.4 Å². The van der Waals surface area contributed by atoms with Gasteiger partial charge in [0.25, 0.3) is 0 Å². The smallest absolute Gasteiger partial charge is 0.161 e. The first-order valence-electron chi connectivity index (χ1n) is 8.97. The molecule has 3 unspecified atom stereocenters. The Balaban J connectivity index is 1.53. The maximum atomic E-state index is 6.29. The Morgan fingerprint density at radius 2 is 1.96 bits per heavy atom. The molecule has 1 fully saturated rings. The number of aromatic nitrogens is 1. The monoisotopic (exact) mass is 395 g/mol. The molecule has 2 aromatic heterocycles. The van der Waals surface area contributed by atoms with E-state index in [0.717, 1.165) is 39.5 Å². The van der Waals surface area contributed by atoms with Gasteiger partial charge in [-0.05, 0) is 48.5 Å². The van der Waals surface area contributed by atoms with E-state index in [1.165, 1.54) is 0 Å². The lowest BCUT2D eigenvalue weighted by Gasteiger charge is -2.25. The number of hydrogen-bond donors (Lipinski definition) is 0. The molecule has 27 heavy (non-hydrogen) atoms. The van der Waals surface area contributed by atoms with Gasteiger partial charge >= 0.3 is 0 Å². The minimum Gasteiger partial charge on any atom is -0.459 e. The summed E-state index contributed by atoms with van der Waals surface area (Å²) in [7, 11) is 0. The molecule has 4 nitrogen and oxygen atoms in total. The highest BCUT2D eigenvalue weighted by Crippen LogP contribution is 2.48. The highest BCUT2D eigenvalue weighted by molar-refractivity contribution is 8.14. The topological polar surface area (TPSA) is 41.6 Å². The first kappa shape index (κ1) is 16.9. The second kappa shape index (κ2) is 6.73. The molecule has 1 saturated heterocycles. The zero-order chi connectivity index (χ0) is 18.4. The Labute approximate surface area is 167 Å². The maximum absolute atomic E-state index is 6.29. The number of aliphatic imine (C=N–C) groups is 1. The van der Waals surface area contributed by atoms with Gasteiger partial charge in [-0.2, -0.15) is 0 Å². The summed E-state index contributed by atoms with van der Waals surface area (Å²) in [6.45, 7) is 3.20. The molecule has 136 valence electrons. The van der Waals surface area contributed by atoms with Gasteiger partial charge in [0.05, 0.1) is 5.69 Å².